The van der Waals surface area contributed by atoms with E-state index in [0.29, 0.717) is 19.1 Å². The monoisotopic (exact) mass is 316 g/mol. The lowest BCUT2D eigenvalue weighted by atomic mass is 9.97. The van der Waals surface area contributed by atoms with Crippen LogP contribution in [0.3, 0.4) is 0 Å². The Hall–Kier alpha value is -1.77. The molecule has 0 aliphatic heterocycles. The molecule has 0 bridgehead atoms. The predicted octanol–water partition coefficient (Wildman–Crippen LogP) is 4.79. The SMILES string of the molecule is C=C(COCc1ccccc1)c1ccc(O)cc1CCCCl. The van der Waals surface area contributed by atoms with Gasteiger partial charge < -0.3 is 9.84 Å². The lowest BCUT2D eigenvalue weighted by Gasteiger charge is -2.13. The second kappa shape index (κ2) is 8.62. The van der Waals surface area contributed by atoms with Crippen LogP contribution in [-0.4, -0.2) is 17.6 Å². The number of aromatic hydroxyl groups is 1. The number of hydrogen-bond donors (Lipinski definition) is 1. The van der Waals surface area contributed by atoms with Crippen molar-refractivity contribution in [2.24, 2.45) is 0 Å². The predicted molar refractivity (Wildman–Crippen MR) is 92.3 cm³/mol. The van der Waals surface area contributed by atoms with Crippen LogP contribution in [0.5, 0.6) is 5.75 Å². The third kappa shape index (κ3) is 4.90. The smallest absolute Gasteiger partial charge is 0.115 e. The Bertz CT molecular complexity index is 608. The minimum absolute atomic E-state index is 0.270. The largest absolute Gasteiger partial charge is 0.508 e. The van der Waals surface area contributed by atoms with Crippen LogP contribution < -0.4 is 0 Å². The molecule has 2 aromatic rings. The summed E-state index contributed by atoms with van der Waals surface area (Å²) in [7, 11) is 0. The van der Waals surface area contributed by atoms with Crippen molar-refractivity contribution < 1.29 is 9.84 Å². The van der Waals surface area contributed by atoms with Crippen LogP contribution in [0.1, 0.15) is 23.1 Å². The molecule has 0 unspecified atom stereocenters. The van der Waals surface area contributed by atoms with Crippen molar-refractivity contribution in [1.82, 2.24) is 0 Å². The van der Waals surface area contributed by atoms with Gasteiger partial charge in [-0.05, 0) is 47.2 Å². The van der Waals surface area contributed by atoms with Crippen LogP contribution in [-0.2, 0) is 17.8 Å². The van der Waals surface area contributed by atoms with E-state index in [-0.39, 0.29) is 5.75 Å². The number of phenolic OH excluding ortho intramolecular Hbond substituents is 1. The van der Waals surface area contributed by atoms with Gasteiger partial charge >= 0.3 is 0 Å². The molecule has 0 aliphatic carbocycles. The zero-order valence-electron chi connectivity index (χ0n) is 12.6. The molecule has 2 aromatic carbocycles. The minimum Gasteiger partial charge on any atom is -0.508 e. The molecule has 0 radical (unpaired) electrons. The van der Waals surface area contributed by atoms with E-state index in [1.807, 2.05) is 36.4 Å². The summed E-state index contributed by atoms with van der Waals surface area (Å²) in [5, 5.41) is 9.65. The molecular weight excluding hydrogens is 296 g/mol. The Balaban J connectivity index is 1.96. The summed E-state index contributed by atoms with van der Waals surface area (Å²) >= 11 is 5.76. The van der Waals surface area contributed by atoms with E-state index < -0.39 is 0 Å². The Labute approximate surface area is 137 Å². The number of benzene rings is 2. The highest BCUT2D eigenvalue weighted by Crippen LogP contribution is 2.24. The van der Waals surface area contributed by atoms with Gasteiger partial charge in [-0.1, -0.05) is 43.0 Å². The molecule has 0 heterocycles. The van der Waals surface area contributed by atoms with Crippen LogP contribution in [0.4, 0.5) is 0 Å². The van der Waals surface area contributed by atoms with E-state index in [1.54, 1.807) is 12.1 Å². The van der Waals surface area contributed by atoms with Crippen LogP contribution >= 0.6 is 11.6 Å². The molecule has 116 valence electrons. The first kappa shape index (κ1) is 16.6. The van der Waals surface area contributed by atoms with E-state index >= 15 is 0 Å². The minimum atomic E-state index is 0.270. The van der Waals surface area contributed by atoms with Crippen molar-refractivity contribution in [1.29, 1.82) is 0 Å². The Morgan fingerprint density at radius 2 is 1.91 bits per heavy atom. The van der Waals surface area contributed by atoms with Crippen molar-refractivity contribution in [2.45, 2.75) is 19.4 Å². The van der Waals surface area contributed by atoms with Crippen molar-refractivity contribution in [3.63, 3.8) is 0 Å². The Kier molecular flexibility index (Phi) is 6.50. The topological polar surface area (TPSA) is 29.5 Å². The summed E-state index contributed by atoms with van der Waals surface area (Å²) < 4.78 is 5.74. The normalized spacial score (nSPS) is 10.6. The molecule has 2 nitrogen and oxygen atoms in total. The number of alkyl halides is 1. The molecule has 0 aliphatic rings. The van der Waals surface area contributed by atoms with Gasteiger partial charge in [-0.15, -0.1) is 11.6 Å². The molecule has 1 N–H and O–H groups in total. The summed E-state index contributed by atoms with van der Waals surface area (Å²) in [6, 6.07) is 15.4. The molecular formula is C19H21ClO2. The van der Waals surface area contributed by atoms with Gasteiger partial charge in [0.15, 0.2) is 0 Å². The number of aryl methyl sites for hydroxylation is 1. The summed E-state index contributed by atoms with van der Waals surface area (Å²) in [6.07, 6.45) is 1.70. The fraction of sp³-hybridized carbons (Fsp3) is 0.263. The molecule has 0 spiro atoms. The van der Waals surface area contributed by atoms with Crippen LogP contribution in [0.15, 0.2) is 55.1 Å². The number of hydrogen-bond acceptors (Lipinski definition) is 2. The second-order valence-electron chi connectivity index (χ2n) is 5.22. The summed E-state index contributed by atoms with van der Waals surface area (Å²) in [5.41, 5.74) is 4.16. The van der Waals surface area contributed by atoms with Gasteiger partial charge in [-0.3, -0.25) is 0 Å². The van der Waals surface area contributed by atoms with E-state index in [9.17, 15) is 5.11 Å². The number of ether oxygens (including phenoxy) is 1. The van der Waals surface area contributed by atoms with Crippen LogP contribution in [0.2, 0.25) is 0 Å². The van der Waals surface area contributed by atoms with E-state index in [4.69, 9.17) is 16.3 Å². The average Bonchev–Trinajstić information content (AvgIpc) is 2.54. The highest BCUT2D eigenvalue weighted by Gasteiger charge is 2.08. The summed E-state index contributed by atoms with van der Waals surface area (Å²) in [6.45, 7) is 5.15. The van der Waals surface area contributed by atoms with Crippen molar-refractivity contribution in [3.8, 4) is 5.75 Å². The van der Waals surface area contributed by atoms with Crippen LogP contribution in [0, 0.1) is 0 Å². The quantitative estimate of drug-likeness (QED) is 0.709. The van der Waals surface area contributed by atoms with Gasteiger partial charge in [0.25, 0.3) is 0 Å². The maximum atomic E-state index is 9.65. The first-order valence-corrected chi connectivity index (χ1v) is 7.92. The fourth-order valence-corrected chi connectivity index (χ4v) is 2.47. The fourth-order valence-electron chi connectivity index (χ4n) is 2.33. The van der Waals surface area contributed by atoms with Crippen molar-refractivity contribution in [2.75, 3.05) is 12.5 Å². The lowest BCUT2D eigenvalue weighted by Crippen LogP contribution is -2.01. The molecule has 0 saturated heterocycles. The molecule has 22 heavy (non-hydrogen) atoms. The standard InChI is InChI=1S/C19H21ClO2/c1-15(13-22-14-16-6-3-2-4-7-16)19-10-9-18(21)12-17(19)8-5-11-20/h2-4,6-7,9-10,12,21H,1,5,8,11,13-14H2. The number of halogens is 1. The maximum Gasteiger partial charge on any atom is 0.115 e. The molecule has 2 rings (SSSR count). The van der Waals surface area contributed by atoms with Gasteiger partial charge in [0.05, 0.1) is 13.2 Å². The lowest BCUT2D eigenvalue weighted by molar-refractivity contribution is 0.153. The Morgan fingerprint density at radius 1 is 1.14 bits per heavy atom. The second-order valence-corrected chi connectivity index (χ2v) is 5.59. The third-order valence-corrected chi connectivity index (χ3v) is 3.70. The van der Waals surface area contributed by atoms with Gasteiger partial charge in [-0.25, -0.2) is 0 Å². The van der Waals surface area contributed by atoms with Crippen molar-refractivity contribution >= 4 is 17.2 Å². The maximum absolute atomic E-state index is 9.65. The zero-order chi connectivity index (χ0) is 15.8. The Morgan fingerprint density at radius 3 is 2.64 bits per heavy atom. The van der Waals surface area contributed by atoms with Crippen molar-refractivity contribution in [3.05, 3.63) is 71.8 Å². The van der Waals surface area contributed by atoms with Crippen LogP contribution in [0.25, 0.3) is 5.57 Å². The first-order chi connectivity index (χ1) is 10.7. The third-order valence-electron chi connectivity index (χ3n) is 3.44. The highest BCUT2D eigenvalue weighted by atomic mass is 35.5. The van der Waals surface area contributed by atoms with Gasteiger partial charge in [-0.2, -0.15) is 0 Å². The van der Waals surface area contributed by atoms with Gasteiger partial charge in [0.2, 0.25) is 0 Å². The first-order valence-electron chi connectivity index (χ1n) is 7.38. The molecule has 0 aromatic heterocycles. The van der Waals surface area contributed by atoms with E-state index in [1.165, 1.54) is 0 Å². The zero-order valence-corrected chi connectivity index (χ0v) is 13.4. The highest BCUT2D eigenvalue weighted by molar-refractivity contribution is 6.17. The summed E-state index contributed by atoms with van der Waals surface area (Å²) in [5.74, 6) is 0.873. The van der Waals surface area contributed by atoms with E-state index in [0.717, 1.165) is 35.1 Å². The number of phenols is 1. The molecule has 0 amide bonds. The summed E-state index contributed by atoms with van der Waals surface area (Å²) in [4.78, 5) is 0. The van der Waals surface area contributed by atoms with Gasteiger partial charge in [0.1, 0.15) is 5.75 Å². The average molecular weight is 317 g/mol. The molecule has 0 saturated carbocycles. The number of rotatable bonds is 8. The van der Waals surface area contributed by atoms with E-state index in [2.05, 4.69) is 6.58 Å². The molecule has 0 fully saturated rings. The molecule has 3 heteroatoms. The molecule has 0 atom stereocenters. The van der Waals surface area contributed by atoms with Gasteiger partial charge in [0, 0.05) is 5.88 Å².